The van der Waals surface area contributed by atoms with Crippen LogP contribution in [-0.4, -0.2) is 47.9 Å². The molecule has 0 aliphatic carbocycles. The van der Waals surface area contributed by atoms with E-state index in [-0.39, 0.29) is 17.5 Å². The fraction of sp³-hybridized carbons (Fsp3) is 0.556. The monoisotopic (exact) mass is 315 g/mol. The maximum absolute atomic E-state index is 12.5. The highest BCUT2D eigenvalue weighted by Gasteiger charge is 2.39. The Morgan fingerprint density at radius 3 is 2.09 bits per heavy atom. The molecule has 3 rings (SSSR count). The van der Waals surface area contributed by atoms with E-state index in [0.29, 0.717) is 13.1 Å². The third-order valence-electron chi connectivity index (χ3n) is 5.01. The summed E-state index contributed by atoms with van der Waals surface area (Å²) in [4.78, 5) is 28.1. The summed E-state index contributed by atoms with van der Waals surface area (Å²) < 4.78 is 0. The lowest BCUT2D eigenvalue weighted by Gasteiger charge is -2.43. The van der Waals surface area contributed by atoms with Crippen molar-refractivity contribution in [3.63, 3.8) is 0 Å². The van der Waals surface area contributed by atoms with E-state index in [2.05, 4.69) is 17.4 Å². The second-order valence-corrected chi connectivity index (χ2v) is 6.59. The predicted molar refractivity (Wildman–Crippen MR) is 88.9 cm³/mol. The maximum Gasteiger partial charge on any atom is 0.320 e. The van der Waals surface area contributed by atoms with Gasteiger partial charge in [0.25, 0.3) is 0 Å². The third kappa shape index (κ3) is 3.33. The average molecular weight is 315 g/mol. The number of nitrogens with zero attached hydrogens (tertiary/aromatic N) is 2. The smallest absolute Gasteiger partial charge is 0.320 e. The number of nitrogens with one attached hydrogen (secondary N) is 1. The molecule has 1 aromatic carbocycles. The number of carbonyl (C=O) groups excluding carboxylic acids is 2. The normalized spacial score (nSPS) is 20.4. The van der Waals surface area contributed by atoms with Crippen LogP contribution in [0.15, 0.2) is 30.3 Å². The lowest BCUT2D eigenvalue weighted by atomic mass is 9.81. The van der Waals surface area contributed by atoms with Gasteiger partial charge in [0.1, 0.15) is 0 Å². The molecule has 0 bridgehead atoms. The van der Waals surface area contributed by atoms with Crippen molar-refractivity contribution in [1.29, 1.82) is 0 Å². The number of amides is 3. The molecule has 0 spiro atoms. The number of hydrogen-bond donors (Lipinski definition) is 1. The van der Waals surface area contributed by atoms with Crippen LogP contribution in [0.25, 0.3) is 0 Å². The van der Waals surface area contributed by atoms with Crippen LogP contribution in [0.3, 0.4) is 0 Å². The first-order chi connectivity index (χ1) is 11.1. The van der Waals surface area contributed by atoms with Crippen molar-refractivity contribution in [3.05, 3.63) is 35.9 Å². The van der Waals surface area contributed by atoms with Crippen LogP contribution in [0.5, 0.6) is 0 Å². The van der Waals surface area contributed by atoms with Gasteiger partial charge in [0.05, 0.1) is 5.54 Å². The highest BCUT2D eigenvalue weighted by atomic mass is 16.2. The summed E-state index contributed by atoms with van der Waals surface area (Å²) in [5, 5.41) is 3.15. The zero-order valence-corrected chi connectivity index (χ0v) is 13.8. The SMILES string of the molecule is CC(=O)NC1(c2ccccc2)CCN(C(=O)N2CCCC2)CC1. The number of benzene rings is 1. The summed E-state index contributed by atoms with van der Waals surface area (Å²) in [5.41, 5.74) is 0.776. The van der Waals surface area contributed by atoms with Gasteiger partial charge in [-0.25, -0.2) is 4.79 Å². The van der Waals surface area contributed by atoms with Gasteiger partial charge in [0, 0.05) is 33.1 Å². The fourth-order valence-corrected chi connectivity index (χ4v) is 3.77. The van der Waals surface area contributed by atoms with E-state index in [1.165, 1.54) is 0 Å². The quantitative estimate of drug-likeness (QED) is 0.910. The molecule has 2 heterocycles. The topological polar surface area (TPSA) is 52.7 Å². The van der Waals surface area contributed by atoms with E-state index >= 15 is 0 Å². The average Bonchev–Trinajstić information content (AvgIpc) is 3.10. The van der Waals surface area contributed by atoms with E-state index in [0.717, 1.165) is 44.3 Å². The van der Waals surface area contributed by atoms with Crippen LogP contribution in [0.1, 0.15) is 38.2 Å². The molecule has 124 valence electrons. The van der Waals surface area contributed by atoms with Crippen LogP contribution in [0.4, 0.5) is 4.79 Å². The van der Waals surface area contributed by atoms with Gasteiger partial charge in [-0.3, -0.25) is 4.79 Å². The molecule has 0 saturated carbocycles. The Labute approximate surface area is 137 Å². The minimum Gasteiger partial charge on any atom is -0.347 e. The molecule has 23 heavy (non-hydrogen) atoms. The van der Waals surface area contributed by atoms with Gasteiger partial charge >= 0.3 is 6.03 Å². The van der Waals surface area contributed by atoms with Gasteiger partial charge in [-0.1, -0.05) is 30.3 Å². The summed E-state index contributed by atoms with van der Waals surface area (Å²) in [6.07, 6.45) is 3.74. The lowest BCUT2D eigenvalue weighted by Crippen LogP contribution is -2.55. The summed E-state index contributed by atoms with van der Waals surface area (Å²) in [7, 11) is 0. The Hall–Kier alpha value is -2.04. The van der Waals surface area contributed by atoms with E-state index < -0.39 is 0 Å². The minimum absolute atomic E-state index is 0.0202. The molecular formula is C18H25N3O2. The molecule has 5 nitrogen and oxygen atoms in total. The van der Waals surface area contributed by atoms with Gasteiger partial charge in [0.15, 0.2) is 0 Å². The zero-order chi connectivity index (χ0) is 16.3. The Morgan fingerprint density at radius 1 is 0.957 bits per heavy atom. The van der Waals surface area contributed by atoms with E-state index in [1.807, 2.05) is 28.0 Å². The lowest BCUT2D eigenvalue weighted by molar-refractivity contribution is -0.121. The first-order valence-corrected chi connectivity index (χ1v) is 8.49. The molecule has 2 fully saturated rings. The van der Waals surface area contributed by atoms with E-state index in [9.17, 15) is 9.59 Å². The van der Waals surface area contributed by atoms with Crippen LogP contribution in [0, 0.1) is 0 Å². The Morgan fingerprint density at radius 2 is 1.52 bits per heavy atom. The molecule has 0 radical (unpaired) electrons. The standard InChI is InChI=1S/C18H25N3O2/c1-15(22)19-18(16-7-3-2-4-8-16)9-13-21(14-10-18)17(23)20-11-5-6-12-20/h2-4,7-8H,5-6,9-14H2,1H3,(H,19,22). The highest BCUT2D eigenvalue weighted by Crippen LogP contribution is 2.33. The first kappa shape index (κ1) is 15.8. The van der Waals surface area contributed by atoms with E-state index in [1.54, 1.807) is 6.92 Å². The Bertz CT molecular complexity index is 559. The molecule has 2 aliphatic heterocycles. The van der Waals surface area contributed by atoms with Crippen molar-refractivity contribution in [2.75, 3.05) is 26.2 Å². The van der Waals surface area contributed by atoms with Gasteiger partial charge in [-0.2, -0.15) is 0 Å². The van der Waals surface area contributed by atoms with Crippen molar-refractivity contribution in [3.8, 4) is 0 Å². The molecular weight excluding hydrogens is 290 g/mol. The zero-order valence-electron chi connectivity index (χ0n) is 13.8. The summed E-state index contributed by atoms with van der Waals surface area (Å²) in [6, 6.07) is 10.3. The predicted octanol–water partition coefficient (Wildman–Crippen LogP) is 2.33. The van der Waals surface area contributed by atoms with Crippen molar-refractivity contribution in [2.24, 2.45) is 0 Å². The number of likely N-dealkylation sites (tertiary alicyclic amines) is 2. The van der Waals surface area contributed by atoms with Gasteiger partial charge in [0.2, 0.25) is 5.91 Å². The first-order valence-electron chi connectivity index (χ1n) is 8.49. The van der Waals surface area contributed by atoms with Gasteiger partial charge in [-0.15, -0.1) is 0 Å². The molecule has 2 aliphatic rings. The molecule has 0 unspecified atom stereocenters. The number of carbonyl (C=O) groups is 2. The Balaban J connectivity index is 1.72. The number of piperidine rings is 1. The van der Waals surface area contributed by atoms with Crippen molar-refractivity contribution < 1.29 is 9.59 Å². The molecule has 2 saturated heterocycles. The van der Waals surface area contributed by atoms with Crippen LogP contribution in [-0.2, 0) is 10.3 Å². The molecule has 1 aromatic rings. The van der Waals surface area contributed by atoms with Gasteiger partial charge < -0.3 is 15.1 Å². The Kier molecular flexibility index (Phi) is 4.55. The summed E-state index contributed by atoms with van der Waals surface area (Å²) in [6.45, 7) is 4.69. The van der Waals surface area contributed by atoms with E-state index in [4.69, 9.17) is 0 Å². The summed E-state index contributed by atoms with van der Waals surface area (Å²) >= 11 is 0. The molecule has 0 aromatic heterocycles. The molecule has 1 N–H and O–H groups in total. The van der Waals surface area contributed by atoms with Crippen LogP contribution >= 0.6 is 0 Å². The summed E-state index contributed by atoms with van der Waals surface area (Å²) in [5.74, 6) is -0.0202. The maximum atomic E-state index is 12.5. The van der Waals surface area contributed by atoms with Crippen molar-refractivity contribution >= 4 is 11.9 Å². The second kappa shape index (κ2) is 6.60. The highest BCUT2D eigenvalue weighted by molar-refractivity contribution is 5.76. The second-order valence-electron chi connectivity index (χ2n) is 6.59. The molecule has 3 amide bonds. The fourth-order valence-electron chi connectivity index (χ4n) is 3.77. The minimum atomic E-state index is -0.352. The van der Waals surface area contributed by atoms with Crippen molar-refractivity contribution in [2.45, 2.75) is 38.1 Å². The molecule has 5 heteroatoms. The molecule has 0 atom stereocenters. The number of urea groups is 1. The largest absolute Gasteiger partial charge is 0.347 e. The van der Waals surface area contributed by atoms with Crippen LogP contribution in [0.2, 0.25) is 0 Å². The number of hydrogen-bond acceptors (Lipinski definition) is 2. The van der Waals surface area contributed by atoms with Crippen molar-refractivity contribution in [1.82, 2.24) is 15.1 Å². The van der Waals surface area contributed by atoms with Gasteiger partial charge in [-0.05, 0) is 31.2 Å². The number of rotatable bonds is 2. The van der Waals surface area contributed by atoms with Crippen LogP contribution < -0.4 is 5.32 Å². The third-order valence-corrected chi connectivity index (χ3v) is 5.01.